The van der Waals surface area contributed by atoms with Gasteiger partial charge in [0.2, 0.25) is 0 Å². The van der Waals surface area contributed by atoms with Crippen molar-refractivity contribution in [1.82, 2.24) is 10.2 Å². The third kappa shape index (κ3) is 6.29. The predicted octanol–water partition coefficient (Wildman–Crippen LogP) is -0.710. The van der Waals surface area contributed by atoms with Gasteiger partial charge in [-0.3, -0.25) is 14.4 Å². The Morgan fingerprint density at radius 2 is 1.79 bits per heavy atom. The average molecular weight is 515 g/mol. The van der Waals surface area contributed by atoms with Gasteiger partial charge in [-0.1, -0.05) is 42.5 Å². The van der Waals surface area contributed by atoms with Crippen molar-refractivity contribution in [2.45, 2.75) is 26.3 Å². The van der Waals surface area contributed by atoms with Crippen LogP contribution in [-0.2, 0) is 35.8 Å². The summed E-state index contributed by atoms with van der Waals surface area (Å²) < 4.78 is 5.16. The van der Waals surface area contributed by atoms with E-state index in [1.165, 1.54) is 18.2 Å². The standard InChI is InChI=1S/C26H25B2N2O8/c31-14-20-6-5-19(9-22(20)27-36)26(35)30(13-24(32)33)12-17-3-1-2-16(8-17)11-29-25(34)18-4-7-21-15-38-28(37)23(21)10-18/h1-10,31,36-37H,11-15H2,(H,29,34)(H,32,33). The van der Waals surface area contributed by atoms with Crippen LogP contribution in [0.15, 0.2) is 60.7 Å². The number of aliphatic hydroxyl groups is 1. The molecule has 3 aromatic rings. The molecule has 4 rings (SSSR count). The van der Waals surface area contributed by atoms with Gasteiger partial charge < -0.3 is 35.1 Å². The van der Waals surface area contributed by atoms with Crippen molar-refractivity contribution < 1.29 is 39.3 Å². The summed E-state index contributed by atoms with van der Waals surface area (Å²) in [5.41, 5.74) is 4.03. The molecule has 0 saturated heterocycles. The normalized spacial score (nSPS) is 12.1. The monoisotopic (exact) mass is 515 g/mol. The lowest BCUT2D eigenvalue weighted by molar-refractivity contribution is -0.137. The number of carboxylic acids is 1. The van der Waals surface area contributed by atoms with Crippen LogP contribution < -0.4 is 16.2 Å². The number of nitrogens with zero attached hydrogens (tertiary/aromatic N) is 1. The first-order valence-corrected chi connectivity index (χ1v) is 11.8. The largest absolute Gasteiger partial charge is 0.491 e. The van der Waals surface area contributed by atoms with Gasteiger partial charge in [-0.05, 0) is 51.4 Å². The number of amides is 2. The van der Waals surface area contributed by atoms with E-state index in [1.807, 2.05) is 0 Å². The molecule has 1 aliphatic rings. The lowest BCUT2D eigenvalue weighted by Crippen LogP contribution is -2.36. The molecule has 0 unspecified atom stereocenters. The first-order valence-electron chi connectivity index (χ1n) is 11.8. The molecule has 1 radical (unpaired) electrons. The number of carbonyl (C=O) groups excluding carboxylic acids is 2. The van der Waals surface area contributed by atoms with Gasteiger partial charge in [0.15, 0.2) is 0 Å². The maximum Gasteiger partial charge on any atom is 0.491 e. The molecule has 38 heavy (non-hydrogen) atoms. The van der Waals surface area contributed by atoms with E-state index in [0.717, 1.165) is 23.5 Å². The number of rotatable bonds is 10. The highest BCUT2D eigenvalue weighted by Gasteiger charge is 2.28. The summed E-state index contributed by atoms with van der Waals surface area (Å²) in [5, 5.41) is 40.9. The molecule has 0 bridgehead atoms. The van der Waals surface area contributed by atoms with Crippen molar-refractivity contribution in [3.05, 3.63) is 94.0 Å². The maximum atomic E-state index is 13.1. The van der Waals surface area contributed by atoms with Crippen molar-refractivity contribution in [3.63, 3.8) is 0 Å². The van der Waals surface area contributed by atoms with Gasteiger partial charge in [0.05, 0.1) is 13.2 Å². The molecule has 2 amide bonds. The average Bonchev–Trinajstić information content (AvgIpc) is 3.30. The minimum absolute atomic E-state index is 0.00441. The number of aliphatic carboxylic acids is 1. The maximum absolute atomic E-state index is 13.1. The van der Waals surface area contributed by atoms with Crippen LogP contribution in [0.25, 0.3) is 0 Å². The highest BCUT2D eigenvalue weighted by atomic mass is 16.5. The van der Waals surface area contributed by atoms with Crippen LogP contribution in [0.4, 0.5) is 0 Å². The second-order valence-corrected chi connectivity index (χ2v) is 8.84. The summed E-state index contributed by atoms with van der Waals surface area (Å²) in [6.45, 7) is -0.398. The van der Waals surface area contributed by atoms with Crippen LogP contribution in [0.1, 0.15) is 43.0 Å². The fraction of sp³-hybridized carbons (Fsp3) is 0.192. The van der Waals surface area contributed by atoms with Crippen LogP contribution >= 0.6 is 0 Å². The minimum Gasteiger partial charge on any atom is -0.480 e. The van der Waals surface area contributed by atoms with Gasteiger partial charge in [-0.15, -0.1) is 0 Å². The highest BCUT2D eigenvalue weighted by molar-refractivity contribution is 6.61. The summed E-state index contributed by atoms with van der Waals surface area (Å²) in [5.74, 6) is -2.07. The Morgan fingerprint density at radius 3 is 2.53 bits per heavy atom. The zero-order chi connectivity index (χ0) is 27.2. The van der Waals surface area contributed by atoms with Gasteiger partial charge in [0, 0.05) is 24.2 Å². The summed E-state index contributed by atoms with van der Waals surface area (Å²) in [6, 6.07) is 16.4. The molecule has 1 aliphatic heterocycles. The molecule has 12 heteroatoms. The van der Waals surface area contributed by atoms with E-state index in [2.05, 4.69) is 5.32 Å². The molecule has 0 aliphatic carbocycles. The van der Waals surface area contributed by atoms with Gasteiger partial charge in [-0.2, -0.15) is 0 Å². The number of aliphatic hydroxyl groups excluding tert-OH is 1. The van der Waals surface area contributed by atoms with Crippen LogP contribution in [-0.4, -0.2) is 64.1 Å². The van der Waals surface area contributed by atoms with E-state index in [4.69, 9.17) is 4.65 Å². The number of carboxylic acid groups (broad SMARTS) is 1. The zero-order valence-corrected chi connectivity index (χ0v) is 20.3. The quantitative estimate of drug-likeness (QED) is 0.222. The fourth-order valence-corrected chi connectivity index (χ4v) is 4.24. The number of carbonyl (C=O) groups is 3. The molecule has 3 aromatic carbocycles. The Labute approximate surface area is 219 Å². The number of nitrogens with one attached hydrogen (secondary N) is 1. The zero-order valence-electron chi connectivity index (χ0n) is 20.3. The van der Waals surface area contributed by atoms with Crippen molar-refractivity contribution >= 4 is 43.3 Å². The van der Waals surface area contributed by atoms with Crippen LogP contribution in [0.2, 0.25) is 0 Å². The molecule has 0 saturated carbocycles. The second kappa shape index (κ2) is 12.1. The summed E-state index contributed by atoms with van der Waals surface area (Å²) >= 11 is 0. The first kappa shape index (κ1) is 27.1. The summed E-state index contributed by atoms with van der Waals surface area (Å²) in [7, 11) is -0.271. The Bertz CT molecular complexity index is 1370. The minimum atomic E-state index is -1.19. The van der Waals surface area contributed by atoms with Gasteiger partial charge in [-0.25, -0.2) is 0 Å². The lowest BCUT2D eigenvalue weighted by Gasteiger charge is -2.22. The molecule has 0 atom stereocenters. The Morgan fingerprint density at radius 1 is 1.03 bits per heavy atom. The summed E-state index contributed by atoms with van der Waals surface area (Å²) in [6.07, 6.45) is 0. The third-order valence-electron chi connectivity index (χ3n) is 6.20. The second-order valence-electron chi connectivity index (χ2n) is 8.84. The predicted molar refractivity (Wildman–Crippen MR) is 139 cm³/mol. The topological polar surface area (TPSA) is 157 Å². The molecular weight excluding hydrogens is 490 g/mol. The summed E-state index contributed by atoms with van der Waals surface area (Å²) in [4.78, 5) is 38.4. The molecule has 10 nitrogen and oxygen atoms in total. The van der Waals surface area contributed by atoms with Crippen molar-refractivity contribution in [2.75, 3.05) is 6.54 Å². The van der Waals surface area contributed by atoms with E-state index < -0.39 is 25.5 Å². The smallest absolute Gasteiger partial charge is 0.480 e. The Balaban J connectivity index is 1.45. The van der Waals surface area contributed by atoms with Crippen molar-refractivity contribution in [1.29, 1.82) is 0 Å². The van der Waals surface area contributed by atoms with Crippen LogP contribution in [0.3, 0.4) is 0 Å². The molecule has 193 valence electrons. The SMILES string of the molecule is O=C(O)CN(Cc1cccc(CNC(=O)c2ccc3c(c2)B(O)OC3)c1)C(=O)c1ccc(CO)c([B]O)c1. The first-order chi connectivity index (χ1) is 18.3. The third-order valence-corrected chi connectivity index (χ3v) is 6.20. The lowest BCUT2D eigenvalue weighted by atomic mass is 9.79. The highest BCUT2D eigenvalue weighted by Crippen LogP contribution is 2.14. The van der Waals surface area contributed by atoms with Crippen molar-refractivity contribution in [2.24, 2.45) is 0 Å². The molecule has 5 N–H and O–H groups in total. The molecule has 1 heterocycles. The number of fused-ring (bicyclic) bond motifs is 1. The van der Waals surface area contributed by atoms with Crippen LogP contribution in [0.5, 0.6) is 0 Å². The van der Waals surface area contributed by atoms with Gasteiger partial charge in [0.1, 0.15) is 6.54 Å². The Kier molecular flexibility index (Phi) is 8.59. The van der Waals surface area contributed by atoms with E-state index in [-0.39, 0.29) is 36.6 Å². The molecule has 0 aromatic heterocycles. The van der Waals surface area contributed by atoms with Crippen LogP contribution in [0, 0.1) is 0 Å². The fourth-order valence-electron chi connectivity index (χ4n) is 4.24. The van der Waals surface area contributed by atoms with E-state index >= 15 is 0 Å². The Hall–Kier alpha value is -3.96. The number of hydrogen-bond donors (Lipinski definition) is 5. The number of benzene rings is 3. The van der Waals surface area contributed by atoms with E-state index in [9.17, 15) is 34.6 Å². The number of hydrogen-bond acceptors (Lipinski definition) is 7. The van der Waals surface area contributed by atoms with Gasteiger partial charge in [0.25, 0.3) is 11.8 Å². The van der Waals surface area contributed by atoms with Gasteiger partial charge >= 0.3 is 20.6 Å². The molecule has 0 spiro atoms. The van der Waals surface area contributed by atoms with Crippen molar-refractivity contribution in [3.8, 4) is 0 Å². The van der Waals surface area contributed by atoms with E-state index in [0.29, 0.717) is 28.8 Å². The molecular formula is C26H25B2N2O8. The van der Waals surface area contributed by atoms with E-state index in [1.54, 1.807) is 42.5 Å². The molecule has 0 fully saturated rings.